The zero-order chi connectivity index (χ0) is 16.7. The van der Waals surface area contributed by atoms with Gasteiger partial charge in [0.05, 0.1) is 23.5 Å². The molecule has 3 aromatic rings. The van der Waals surface area contributed by atoms with E-state index in [0.717, 1.165) is 29.1 Å². The lowest BCUT2D eigenvalue weighted by molar-refractivity contribution is -0.119. The third-order valence-corrected chi connectivity index (χ3v) is 4.54. The van der Waals surface area contributed by atoms with Gasteiger partial charge in [-0.1, -0.05) is 0 Å². The van der Waals surface area contributed by atoms with E-state index in [-0.39, 0.29) is 42.6 Å². The molecule has 0 spiro atoms. The number of rotatable bonds is 3. The number of aryl methyl sites for hydroxylation is 2. The number of fused-ring (bicyclic) bond motifs is 1. The molecule has 3 aromatic heterocycles. The molecule has 0 bridgehead atoms. The van der Waals surface area contributed by atoms with Crippen molar-refractivity contribution in [2.45, 2.75) is 12.8 Å². The van der Waals surface area contributed by atoms with Crippen LogP contribution in [0.4, 0.5) is 5.69 Å². The molecule has 4 heterocycles. The number of carbonyl (C=O) groups excluding carboxylic acids is 1. The molecular weight excluding hydrogens is 375 g/mol. The number of carbonyl (C=O) groups is 1. The highest BCUT2D eigenvalue weighted by Gasteiger charge is 2.34. The number of nitrogens with zero attached hydrogens (tertiary/aromatic N) is 4. The Labute approximate surface area is 164 Å². The topological polar surface area (TPSA) is 76.2 Å². The van der Waals surface area contributed by atoms with Crippen LogP contribution in [0.1, 0.15) is 17.2 Å². The van der Waals surface area contributed by atoms with Crippen molar-refractivity contribution in [3.63, 3.8) is 0 Å². The van der Waals surface area contributed by atoms with Gasteiger partial charge in [0.25, 0.3) is 0 Å². The lowest BCUT2D eigenvalue weighted by Gasteiger charge is -2.17. The number of halogens is 2. The smallest absolute Gasteiger partial charge is 0.229 e. The molecule has 0 saturated carbocycles. The largest absolute Gasteiger partial charge is 0.324 e. The molecule has 9 heteroatoms. The van der Waals surface area contributed by atoms with Crippen molar-refractivity contribution in [3.8, 4) is 0 Å². The molecule has 0 unspecified atom stereocenters. The van der Waals surface area contributed by atoms with Crippen LogP contribution in [-0.4, -0.2) is 38.2 Å². The highest BCUT2D eigenvalue weighted by Crippen LogP contribution is 2.28. The lowest BCUT2D eigenvalue weighted by atomic mass is 9.90. The summed E-state index contributed by atoms with van der Waals surface area (Å²) in [6, 6.07) is 3.80. The Balaban J connectivity index is 0.00000121. The van der Waals surface area contributed by atoms with Gasteiger partial charge in [-0.2, -0.15) is 5.10 Å². The monoisotopic (exact) mass is 396 g/mol. The Hall–Kier alpha value is -2.09. The minimum Gasteiger partial charge on any atom is -0.324 e. The van der Waals surface area contributed by atoms with Crippen molar-refractivity contribution in [2.24, 2.45) is 13.0 Å². The van der Waals surface area contributed by atoms with Crippen LogP contribution >= 0.6 is 24.8 Å². The summed E-state index contributed by atoms with van der Waals surface area (Å²) in [5.41, 5.74) is 3.71. The van der Waals surface area contributed by atoms with E-state index < -0.39 is 0 Å². The molecule has 1 amide bonds. The number of pyridine rings is 1. The number of aromatic nitrogens is 4. The van der Waals surface area contributed by atoms with Crippen LogP contribution in [0.5, 0.6) is 0 Å². The van der Waals surface area contributed by atoms with Crippen LogP contribution in [0.2, 0.25) is 0 Å². The average molecular weight is 397 g/mol. The summed E-state index contributed by atoms with van der Waals surface area (Å²) in [6.07, 6.45) is 7.67. The third kappa shape index (κ3) is 3.85. The Morgan fingerprint density at radius 3 is 2.77 bits per heavy atom. The first-order chi connectivity index (χ1) is 11.6. The Bertz CT molecular complexity index is 906. The first kappa shape index (κ1) is 20.2. The maximum atomic E-state index is 12.7. The number of hydrogen-bond donors (Lipinski definition) is 2. The average Bonchev–Trinajstić information content (AvgIpc) is 3.24. The molecule has 1 saturated heterocycles. The lowest BCUT2D eigenvalue weighted by Crippen LogP contribution is -2.28. The molecule has 1 aliphatic rings. The summed E-state index contributed by atoms with van der Waals surface area (Å²) in [5.74, 6) is 0.0809. The van der Waals surface area contributed by atoms with E-state index in [4.69, 9.17) is 0 Å². The van der Waals surface area contributed by atoms with Crippen LogP contribution in [0.3, 0.4) is 0 Å². The van der Waals surface area contributed by atoms with E-state index >= 15 is 0 Å². The van der Waals surface area contributed by atoms with E-state index in [1.165, 1.54) is 0 Å². The Morgan fingerprint density at radius 1 is 1.23 bits per heavy atom. The number of hydrogen-bond acceptors (Lipinski definition) is 4. The Kier molecular flexibility index (Phi) is 6.28. The van der Waals surface area contributed by atoms with Crippen LogP contribution in [0.15, 0.2) is 36.9 Å². The summed E-state index contributed by atoms with van der Waals surface area (Å²) in [7, 11) is 1.89. The quantitative estimate of drug-likeness (QED) is 0.710. The fourth-order valence-corrected chi connectivity index (χ4v) is 3.36. The molecular formula is C17H22Cl2N6O. The highest BCUT2D eigenvalue weighted by molar-refractivity contribution is 5.93. The predicted molar refractivity (Wildman–Crippen MR) is 105 cm³/mol. The standard InChI is InChI=1S/C17H20N6O.2ClH/c1-11-8-23-10-13(3-4-16(23)20-11)21-17(24)15-7-18-6-14(15)12-5-19-22(2)9-12;;/h3-5,8-10,14-15,18H,6-7H2,1-2H3,(H,21,24);2*1H/t14-,15+;;/m1../s1. The van der Waals surface area contributed by atoms with E-state index in [2.05, 4.69) is 20.7 Å². The zero-order valence-corrected chi connectivity index (χ0v) is 16.2. The van der Waals surface area contributed by atoms with Gasteiger partial charge in [-0.15, -0.1) is 24.8 Å². The first-order valence-corrected chi connectivity index (χ1v) is 8.05. The number of amides is 1. The third-order valence-electron chi connectivity index (χ3n) is 4.54. The maximum absolute atomic E-state index is 12.7. The molecule has 0 aromatic carbocycles. The zero-order valence-electron chi connectivity index (χ0n) is 14.5. The minimum absolute atomic E-state index is 0. The van der Waals surface area contributed by atoms with Gasteiger partial charge in [0, 0.05) is 44.6 Å². The van der Waals surface area contributed by atoms with E-state index in [0.29, 0.717) is 6.54 Å². The van der Waals surface area contributed by atoms with Gasteiger partial charge in [-0.25, -0.2) is 4.98 Å². The predicted octanol–water partition coefficient (Wildman–Crippen LogP) is 2.16. The van der Waals surface area contributed by atoms with Crippen molar-refractivity contribution in [3.05, 3.63) is 48.2 Å². The van der Waals surface area contributed by atoms with Crippen LogP contribution in [0.25, 0.3) is 5.65 Å². The summed E-state index contributed by atoms with van der Waals surface area (Å²) in [5, 5.41) is 10.6. The normalized spacial score (nSPS) is 19.0. The SMILES string of the molecule is Cc1cn2cc(NC(=O)[C@H]3CNC[C@@H]3c3cnn(C)c3)ccc2n1.Cl.Cl. The van der Waals surface area contributed by atoms with Crippen molar-refractivity contribution < 1.29 is 4.79 Å². The molecule has 0 radical (unpaired) electrons. The van der Waals surface area contributed by atoms with Crippen molar-refractivity contribution >= 4 is 42.1 Å². The second kappa shape index (κ2) is 8.07. The minimum atomic E-state index is -0.102. The van der Waals surface area contributed by atoms with E-state index in [1.807, 2.05) is 55.3 Å². The first-order valence-electron chi connectivity index (χ1n) is 8.05. The Morgan fingerprint density at radius 2 is 2.04 bits per heavy atom. The van der Waals surface area contributed by atoms with Crippen LogP contribution < -0.4 is 10.6 Å². The molecule has 1 fully saturated rings. The van der Waals surface area contributed by atoms with Gasteiger partial charge >= 0.3 is 0 Å². The van der Waals surface area contributed by atoms with Crippen LogP contribution in [-0.2, 0) is 11.8 Å². The van der Waals surface area contributed by atoms with Crippen molar-refractivity contribution in [2.75, 3.05) is 18.4 Å². The van der Waals surface area contributed by atoms with Crippen molar-refractivity contribution in [1.82, 2.24) is 24.5 Å². The second-order valence-corrected chi connectivity index (χ2v) is 6.37. The molecule has 1 aliphatic heterocycles. The van der Waals surface area contributed by atoms with E-state index in [9.17, 15) is 4.79 Å². The molecule has 2 atom stereocenters. The highest BCUT2D eigenvalue weighted by atomic mass is 35.5. The molecule has 26 heavy (non-hydrogen) atoms. The van der Waals surface area contributed by atoms with Gasteiger partial charge in [0.1, 0.15) is 5.65 Å². The number of nitrogens with one attached hydrogen (secondary N) is 2. The molecule has 2 N–H and O–H groups in total. The fourth-order valence-electron chi connectivity index (χ4n) is 3.36. The number of anilines is 1. The summed E-state index contributed by atoms with van der Waals surface area (Å²) < 4.78 is 3.70. The van der Waals surface area contributed by atoms with Gasteiger partial charge in [-0.05, 0) is 24.6 Å². The fraction of sp³-hybridized carbons (Fsp3) is 0.353. The number of imidazole rings is 1. The summed E-state index contributed by atoms with van der Waals surface area (Å²) >= 11 is 0. The second-order valence-electron chi connectivity index (χ2n) is 6.37. The molecule has 0 aliphatic carbocycles. The van der Waals surface area contributed by atoms with Crippen LogP contribution in [0, 0.1) is 12.8 Å². The van der Waals surface area contributed by atoms with Gasteiger partial charge in [0.2, 0.25) is 5.91 Å². The van der Waals surface area contributed by atoms with Gasteiger partial charge in [-0.3, -0.25) is 9.48 Å². The molecule has 4 rings (SSSR count). The summed E-state index contributed by atoms with van der Waals surface area (Å²) in [6.45, 7) is 3.43. The van der Waals surface area contributed by atoms with Gasteiger partial charge < -0.3 is 15.0 Å². The molecule has 7 nitrogen and oxygen atoms in total. The maximum Gasteiger partial charge on any atom is 0.229 e. The summed E-state index contributed by atoms with van der Waals surface area (Å²) in [4.78, 5) is 17.1. The molecule has 140 valence electrons. The van der Waals surface area contributed by atoms with Gasteiger partial charge in [0.15, 0.2) is 0 Å². The van der Waals surface area contributed by atoms with Crippen molar-refractivity contribution in [1.29, 1.82) is 0 Å². The van der Waals surface area contributed by atoms with E-state index in [1.54, 1.807) is 4.68 Å².